The summed E-state index contributed by atoms with van der Waals surface area (Å²) < 4.78 is 3.92. The zero-order valence-electron chi connectivity index (χ0n) is 5.18. The van der Waals surface area contributed by atoms with Crippen LogP contribution in [0.1, 0.15) is 20.3 Å². The van der Waals surface area contributed by atoms with E-state index in [1.165, 1.54) is 0 Å². The van der Waals surface area contributed by atoms with Crippen LogP contribution >= 0.6 is 0 Å². The van der Waals surface area contributed by atoms with Crippen molar-refractivity contribution >= 4 is 14.0 Å². The summed E-state index contributed by atoms with van der Waals surface area (Å²) >= 11 is 0. The maximum atomic E-state index is 10.3. The molecule has 3 heteroatoms. The molecular formula is C5H9BO2. The molecule has 0 N–H and O–H groups in total. The van der Waals surface area contributed by atoms with Crippen LogP contribution in [0.15, 0.2) is 0 Å². The summed E-state index contributed by atoms with van der Waals surface area (Å²) in [6.45, 7) is 3.86. The first-order valence-corrected chi connectivity index (χ1v) is 2.56. The van der Waals surface area contributed by atoms with Gasteiger partial charge in [0.15, 0.2) is 0 Å². The molecule has 0 atom stereocenters. The first-order valence-electron chi connectivity index (χ1n) is 2.56. The quantitative estimate of drug-likeness (QED) is 0.490. The fraction of sp³-hybridized carbons (Fsp3) is 0.800. The van der Waals surface area contributed by atoms with Crippen LogP contribution in [0, 0.1) is 5.92 Å². The lowest BCUT2D eigenvalue weighted by Gasteiger charge is -2.00. The number of rotatable bonds is 2. The van der Waals surface area contributed by atoms with Gasteiger partial charge in [0.1, 0.15) is 0 Å². The number of carbonyl (C=O) groups is 1. The van der Waals surface area contributed by atoms with E-state index < -0.39 is 0 Å². The smallest absolute Gasteiger partial charge is 0.378 e. The van der Waals surface area contributed by atoms with Crippen molar-refractivity contribution in [2.45, 2.75) is 20.3 Å². The van der Waals surface area contributed by atoms with E-state index in [4.69, 9.17) is 0 Å². The first kappa shape index (κ1) is 7.53. The van der Waals surface area contributed by atoms with Crippen molar-refractivity contribution in [1.82, 2.24) is 0 Å². The molecule has 0 aliphatic carbocycles. The normalized spacial score (nSPS) is 9.38. The highest BCUT2D eigenvalue weighted by Gasteiger charge is 2.01. The summed E-state index contributed by atoms with van der Waals surface area (Å²) in [5, 5.41) is 0. The summed E-state index contributed by atoms with van der Waals surface area (Å²) in [5.41, 5.74) is 0. The fourth-order valence-corrected chi connectivity index (χ4v) is 0.381. The van der Waals surface area contributed by atoms with Gasteiger partial charge >= 0.3 is 8.05 Å². The van der Waals surface area contributed by atoms with E-state index in [1.807, 2.05) is 13.8 Å². The van der Waals surface area contributed by atoms with Crippen LogP contribution in [0.4, 0.5) is 0 Å². The predicted octanol–water partition coefficient (Wildman–Crippen LogP) is 0.659. The van der Waals surface area contributed by atoms with E-state index >= 15 is 0 Å². The van der Waals surface area contributed by atoms with Crippen molar-refractivity contribution in [2.75, 3.05) is 0 Å². The van der Waals surface area contributed by atoms with E-state index in [9.17, 15) is 4.79 Å². The molecule has 0 rings (SSSR count). The third kappa shape index (κ3) is 3.72. The summed E-state index contributed by atoms with van der Waals surface area (Å²) in [6.07, 6.45) is 0.399. The van der Waals surface area contributed by atoms with Gasteiger partial charge in [-0.15, -0.1) is 0 Å². The largest absolute Gasteiger partial charge is 0.543 e. The van der Waals surface area contributed by atoms with Crippen molar-refractivity contribution in [3.8, 4) is 0 Å². The van der Waals surface area contributed by atoms with Crippen LogP contribution < -0.4 is 0 Å². The zero-order chi connectivity index (χ0) is 6.57. The fourth-order valence-electron chi connectivity index (χ4n) is 0.381. The van der Waals surface area contributed by atoms with Gasteiger partial charge in [-0.3, -0.25) is 4.79 Å². The van der Waals surface area contributed by atoms with Gasteiger partial charge in [0.2, 0.25) is 0 Å². The highest BCUT2D eigenvalue weighted by Crippen LogP contribution is 1.98. The van der Waals surface area contributed by atoms with E-state index in [-0.39, 0.29) is 5.97 Å². The minimum atomic E-state index is -0.347. The van der Waals surface area contributed by atoms with Gasteiger partial charge in [-0.1, -0.05) is 13.8 Å². The molecule has 0 aliphatic rings. The molecule has 44 valence electrons. The number of carbonyl (C=O) groups excluding carboxylic acids is 1. The molecule has 0 saturated carbocycles. The molecule has 2 nitrogen and oxygen atoms in total. The lowest BCUT2D eigenvalue weighted by Crippen LogP contribution is -2.04. The summed E-state index contributed by atoms with van der Waals surface area (Å²) in [5.74, 6) is -0.0222. The molecule has 0 aromatic carbocycles. The summed E-state index contributed by atoms with van der Waals surface area (Å²) in [6, 6.07) is 0. The molecule has 0 amide bonds. The van der Waals surface area contributed by atoms with Gasteiger partial charge in [0.25, 0.3) is 5.97 Å². The van der Waals surface area contributed by atoms with Crippen LogP contribution in [0.25, 0.3) is 0 Å². The average molecular weight is 112 g/mol. The second-order valence-corrected chi connectivity index (χ2v) is 2.09. The second kappa shape index (κ2) is 3.53. The molecule has 0 aromatic rings. The molecule has 8 heavy (non-hydrogen) atoms. The topological polar surface area (TPSA) is 26.3 Å². The minimum Gasteiger partial charge on any atom is -0.543 e. The van der Waals surface area contributed by atoms with Gasteiger partial charge in [-0.2, -0.15) is 0 Å². The number of hydrogen-bond donors (Lipinski definition) is 0. The van der Waals surface area contributed by atoms with Crippen LogP contribution in [0.3, 0.4) is 0 Å². The zero-order valence-corrected chi connectivity index (χ0v) is 5.18. The van der Waals surface area contributed by atoms with Crippen molar-refractivity contribution in [3.63, 3.8) is 0 Å². The Balaban J connectivity index is 3.25. The highest BCUT2D eigenvalue weighted by atomic mass is 16.5. The van der Waals surface area contributed by atoms with E-state index in [0.29, 0.717) is 12.3 Å². The van der Waals surface area contributed by atoms with Crippen molar-refractivity contribution in [1.29, 1.82) is 0 Å². The molecule has 0 bridgehead atoms. The van der Waals surface area contributed by atoms with Crippen molar-refractivity contribution < 1.29 is 9.45 Å². The molecule has 0 heterocycles. The van der Waals surface area contributed by atoms with Gasteiger partial charge in [0.05, 0.1) is 0 Å². The molecule has 0 spiro atoms. The van der Waals surface area contributed by atoms with E-state index in [0.717, 1.165) is 0 Å². The third-order valence-electron chi connectivity index (χ3n) is 0.706. The van der Waals surface area contributed by atoms with Gasteiger partial charge < -0.3 is 4.65 Å². The van der Waals surface area contributed by atoms with Crippen LogP contribution in [0.2, 0.25) is 0 Å². The molecule has 0 unspecified atom stereocenters. The Bertz CT molecular complexity index is 80.5. The SMILES string of the molecule is [B]OC(=O)CC(C)C. The Labute approximate surface area is 50.7 Å². The molecule has 0 aliphatic heterocycles. The number of hydrogen-bond acceptors (Lipinski definition) is 2. The molecule has 0 fully saturated rings. The Morgan fingerprint density at radius 3 is 2.38 bits per heavy atom. The van der Waals surface area contributed by atoms with Gasteiger partial charge in [-0.25, -0.2) is 0 Å². The monoisotopic (exact) mass is 112 g/mol. The Hall–Kier alpha value is -0.465. The molecule has 0 aromatic heterocycles. The standard InChI is InChI=1S/C5H9BO2/c1-4(2)3-5(7)8-6/h4H,3H2,1-2H3. The van der Waals surface area contributed by atoms with E-state index in [2.05, 4.69) is 12.7 Å². The average Bonchev–Trinajstić information content (AvgIpc) is 1.65. The Morgan fingerprint density at radius 2 is 2.25 bits per heavy atom. The van der Waals surface area contributed by atoms with Crippen LogP contribution in [0.5, 0.6) is 0 Å². The Morgan fingerprint density at radius 1 is 1.75 bits per heavy atom. The van der Waals surface area contributed by atoms with Gasteiger partial charge in [0, 0.05) is 6.42 Å². The van der Waals surface area contributed by atoms with Crippen LogP contribution in [-0.2, 0) is 9.45 Å². The Kier molecular flexibility index (Phi) is 3.32. The maximum absolute atomic E-state index is 10.3. The molecule has 2 radical (unpaired) electrons. The first-order chi connectivity index (χ1) is 3.66. The van der Waals surface area contributed by atoms with E-state index in [1.54, 1.807) is 0 Å². The summed E-state index contributed by atoms with van der Waals surface area (Å²) in [4.78, 5) is 10.3. The van der Waals surface area contributed by atoms with Crippen LogP contribution in [-0.4, -0.2) is 14.0 Å². The summed E-state index contributed by atoms with van der Waals surface area (Å²) in [7, 11) is 4.57. The van der Waals surface area contributed by atoms with Crippen molar-refractivity contribution in [3.05, 3.63) is 0 Å². The lowest BCUT2D eigenvalue weighted by atomic mass is 10.1. The molecular weight excluding hydrogens is 103 g/mol. The minimum absolute atomic E-state index is 0.325. The highest BCUT2D eigenvalue weighted by molar-refractivity contribution is 6.05. The van der Waals surface area contributed by atoms with Gasteiger partial charge in [-0.05, 0) is 5.92 Å². The second-order valence-electron chi connectivity index (χ2n) is 2.09. The van der Waals surface area contributed by atoms with Crippen molar-refractivity contribution in [2.24, 2.45) is 5.92 Å². The lowest BCUT2D eigenvalue weighted by molar-refractivity contribution is -0.134. The third-order valence-corrected chi connectivity index (χ3v) is 0.706. The molecule has 0 saturated heterocycles. The maximum Gasteiger partial charge on any atom is 0.378 e. The predicted molar refractivity (Wildman–Crippen MR) is 31.3 cm³/mol.